The molecule has 2 aromatic carbocycles. The topological polar surface area (TPSA) is 104 Å². The van der Waals surface area contributed by atoms with E-state index in [-0.39, 0.29) is 47.0 Å². The van der Waals surface area contributed by atoms with Crippen LogP contribution in [0.25, 0.3) is 0 Å². The second-order valence-electron chi connectivity index (χ2n) is 11.7. The third-order valence-corrected chi connectivity index (χ3v) is 11.3. The van der Waals surface area contributed by atoms with Crippen molar-refractivity contribution in [3.8, 4) is 11.5 Å². The Bertz CT molecular complexity index is 1750. The van der Waals surface area contributed by atoms with Gasteiger partial charge in [-0.3, -0.25) is 24.1 Å². The van der Waals surface area contributed by atoms with Crippen LogP contribution in [0.1, 0.15) is 35.4 Å². The van der Waals surface area contributed by atoms with E-state index in [4.69, 9.17) is 27.9 Å². The highest BCUT2D eigenvalue weighted by molar-refractivity contribution is 9.09. The Morgan fingerprint density at radius 3 is 2.13 bits per heavy atom. The largest absolute Gasteiger partial charge is 0.504 e. The number of carbonyl (C=O) groups excluding carboxylic acids is 4. The summed E-state index contributed by atoms with van der Waals surface area (Å²) in [7, 11) is 1.27. The fourth-order valence-electron chi connectivity index (χ4n) is 7.36. The minimum atomic E-state index is -5.25. The Hall–Kier alpha value is -3.30. The van der Waals surface area contributed by atoms with Crippen LogP contribution in [0.15, 0.2) is 48.0 Å². The molecule has 6 rings (SSSR count). The van der Waals surface area contributed by atoms with Gasteiger partial charge in [0.05, 0.1) is 41.2 Å². The van der Waals surface area contributed by atoms with E-state index in [1.165, 1.54) is 31.4 Å². The lowest BCUT2D eigenvalue weighted by molar-refractivity contribution is -0.143. The standard InChI is InChI=1S/C30H21BrCl2F6N2O6/c1-47-19-4-2-3-17(22(19)42)21-15-5-6-16-20(18(15)10-27(32)25(45)40(11-31)26(46)28(21,27)33)24(44)41(23(16)43)14-8-12(29(34,35)36)7-13(9-14)30(37,38)39/h2-5,7-9,16,18,20-21,42H,6,10-11H2,1H3/t16-,18+,20-,21+,27+,28-/m0/s1. The van der Waals surface area contributed by atoms with Crippen LogP contribution >= 0.6 is 39.1 Å². The molecule has 2 aliphatic heterocycles. The van der Waals surface area contributed by atoms with Gasteiger partial charge in [0.2, 0.25) is 11.8 Å². The summed E-state index contributed by atoms with van der Waals surface area (Å²) in [6.07, 6.45) is -9.72. The van der Waals surface area contributed by atoms with Crippen LogP contribution in [0.2, 0.25) is 0 Å². The number of allylic oxidation sites excluding steroid dienone is 2. The van der Waals surface area contributed by atoms with Crippen LogP contribution in [0.3, 0.4) is 0 Å². The fourth-order valence-corrected chi connectivity index (χ4v) is 8.77. The number of likely N-dealkylation sites (tertiary alicyclic amines) is 1. The highest BCUT2D eigenvalue weighted by atomic mass is 79.9. The average Bonchev–Trinajstić information content (AvgIpc) is 3.34. The highest BCUT2D eigenvalue weighted by Crippen LogP contribution is 2.66. The number of hydrogen-bond acceptors (Lipinski definition) is 6. The Balaban J connectivity index is 1.52. The van der Waals surface area contributed by atoms with E-state index in [1.807, 2.05) is 0 Å². The first-order valence-electron chi connectivity index (χ1n) is 13.9. The third-order valence-electron chi connectivity index (χ3n) is 9.41. The maximum Gasteiger partial charge on any atom is 0.416 e. The number of benzene rings is 2. The minimum Gasteiger partial charge on any atom is -0.504 e. The van der Waals surface area contributed by atoms with Crippen LogP contribution < -0.4 is 9.64 Å². The van der Waals surface area contributed by atoms with Crippen LogP contribution in [0.5, 0.6) is 11.5 Å². The lowest BCUT2D eigenvalue weighted by atomic mass is 9.56. The van der Waals surface area contributed by atoms with Crippen molar-refractivity contribution in [2.75, 3.05) is 17.5 Å². The van der Waals surface area contributed by atoms with Crippen molar-refractivity contribution in [1.82, 2.24) is 4.90 Å². The highest BCUT2D eigenvalue weighted by Gasteiger charge is 2.76. The Kier molecular flexibility index (Phi) is 7.76. The maximum atomic E-state index is 14.1. The maximum absolute atomic E-state index is 14.1. The van der Waals surface area contributed by atoms with Gasteiger partial charge in [0, 0.05) is 11.5 Å². The molecular formula is C30H21BrCl2F6N2O6. The predicted octanol–water partition coefficient (Wildman–Crippen LogP) is 6.35. The molecular weight excluding hydrogens is 749 g/mol. The zero-order valence-electron chi connectivity index (χ0n) is 23.8. The molecule has 6 atom stereocenters. The van der Waals surface area contributed by atoms with Gasteiger partial charge in [0.1, 0.15) is 0 Å². The van der Waals surface area contributed by atoms with Crippen molar-refractivity contribution in [3.05, 3.63) is 64.7 Å². The molecule has 4 aliphatic rings. The number of amides is 4. The molecule has 0 aromatic heterocycles. The minimum absolute atomic E-state index is 0.00215. The van der Waals surface area contributed by atoms with E-state index >= 15 is 0 Å². The number of nitrogens with zero attached hydrogens (tertiary/aromatic N) is 2. The Morgan fingerprint density at radius 1 is 0.957 bits per heavy atom. The molecule has 17 heteroatoms. The number of alkyl halides is 9. The molecule has 2 aliphatic carbocycles. The number of para-hydroxylation sites is 1. The van der Waals surface area contributed by atoms with Crippen molar-refractivity contribution in [2.24, 2.45) is 17.8 Å². The molecule has 0 spiro atoms. The smallest absolute Gasteiger partial charge is 0.416 e. The molecule has 8 nitrogen and oxygen atoms in total. The second-order valence-corrected chi connectivity index (χ2v) is 13.4. The van der Waals surface area contributed by atoms with Gasteiger partial charge in [-0.05, 0) is 43.0 Å². The number of anilines is 1. The van der Waals surface area contributed by atoms with Gasteiger partial charge < -0.3 is 9.84 Å². The molecule has 0 bridgehead atoms. The van der Waals surface area contributed by atoms with Crippen molar-refractivity contribution >= 4 is 68.4 Å². The van der Waals surface area contributed by atoms with Gasteiger partial charge in [-0.25, -0.2) is 4.90 Å². The number of phenolic OH excluding ortho intramolecular Hbond substituents is 1. The number of halogens is 9. The third kappa shape index (κ3) is 4.62. The van der Waals surface area contributed by atoms with Crippen LogP contribution in [-0.4, -0.2) is 55.9 Å². The number of ether oxygens (including phenoxy) is 1. The van der Waals surface area contributed by atoms with Crippen molar-refractivity contribution in [1.29, 1.82) is 0 Å². The van der Waals surface area contributed by atoms with Gasteiger partial charge in [0.25, 0.3) is 11.8 Å². The average molecular weight is 770 g/mol. The Morgan fingerprint density at radius 2 is 1.57 bits per heavy atom. The molecule has 0 radical (unpaired) electrons. The summed E-state index contributed by atoms with van der Waals surface area (Å²) in [5, 5.41) is 11.2. The van der Waals surface area contributed by atoms with Gasteiger partial charge in [-0.15, -0.1) is 23.2 Å². The molecule has 3 fully saturated rings. The van der Waals surface area contributed by atoms with Gasteiger partial charge in [-0.2, -0.15) is 26.3 Å². The molecule has 2 saturated heterocycles. The summed E-state index contributed by atoms with van der Waals surface area (Å²) in [6, 6.07) is 4.74. The van der Waals surface area contributed by atoms with Crippen LogP contribution in [-0.2, 0) is 31.5 Å². The number of aromatic hydroxyl groups is 1. The first-order valence-corrected chi connectivity index (χ1v) is 15.7. The van der Waals surface area contributed by atoms with E-state index < -0.39 is 98.4 Å². The van der Waals surface area contributed by atoms with Crippen molar-refractivity contribution in [2.45, 2.75) is 40.9 Å². The predicted molar refractivity (Wildman–Crippen MR) is 157 cm³/mol. The summed E-state index contributed by atoms with van der Waals surface area (Å²) < 4.78 is 87.2. The second kappa shape index (κ2) is 10.9. The molecule has 2 heterocycles. The number of phenols is 1. The molecule has 250 valence electrons. The molecule has 2 aromatic rings. The van der Waals surface area contributed by atoms with Gasteiger partial charge in [0.15, 0.2) is 21.2 Å². The first kappa shape index (κ1) is 33.6. The van der Waals surface area contributed by atoms with Crippen LogP contribution in [0.4, 0.5) is 32.0 Å². The monoisotopic (exact) mass is 768 g/mol. The molecule has 0 unspecified atom stereocenters. The number of fused-ring (bicyclic) bond motifs is 4. The number of imide groups is 2. The van der Waals surface area contributed by atoms with Crippen molar-refractivity contribution in [3.63, 3.8) is 0 Å². The summed E-state index contributed by atoms with van der Waals surface area (Å²) in [5.41, 5.74) is -4.46. The van der Waals surface area contributed by atoms with E-state index in [0.29, 0.717) is 4.90 Å². The van der Waals surface area contributed by atoms with E-state index in [2.05, 4.69) is 15.9 Å². The lowest BCUT2D eigenvalue weighted by Crippen LogP contribution is -2.60. The fraction of sp³-hybridized carbons (Fsp3) is 0.400. The van der Waals surface area contributed by atoms with Gasteiger partial charge in [-0.1, -0.05) is 39.7 Å². The molecule has 47 heavy (non-hydrogen) atoms. The number of methoxy groups -OCH3 is 1. The number of rotatable bonds is 4. The summed E-state index contributed by atoms with van der Waals surface area (Å²) >= 11 is 17.3. The van der Waals surface area contributed by atoms with E-state index in [0.717, 1.165) is 4.90 Å². The SMILES string of the molecule is COc1cccc([C@H]2C3=CC[C@@H]4C(=O)N(c5cc(C(F)(F)F)cc(C(F)(F)F)c5)C(=O)[C@@H]4[C@@H]3C[C@@]3(Cl)C(=O)N(CBr)C(=O)[C@@]23Cl)c1O. The van der Waals surface area contributed by atoms with Crippen LogP contribution in [0, 0.1) is 17.8 Å². The first-order chi connectivity index (χ1) is 21.8. The van der Waals surface area contributed by atoms with E-state index in [1.54, 1.807) is 0 Å². The number of hydrogen-bond donors (Lipinski definition) is 1. The van der Waals surface area contributed by atoms with Crippen molar-refractivity contribution < 1.29 is 55.4 Å². The van der Waals surface area contributed by atoms with E-state index in [9.17, 15) is 50.6 Å². The van der Waals surface area contributed by atoms with Gasteiger partial charge >= 0.3 is 12.4 Å². The summed E-state index contributed by atoms with van der Waals surface area (Å²) in [6.45, 7) is 0. The lowest BCUT2D eigenvalue weighted by Gasteiger charge is -2.50. The summed E-state index contributed by atoms with van der Waals surface area (Å²) in [5.74, 6) is -9.74. The summed E-state index contributed by atoms with van der Waals surface area (Å²) in [4.78, 5) is 51.9. The zero-order chi connectivity index (χ0) is 34.6. The number of carbonyl (C=O) groups is 4. The zero-order valence-corrected chi connectivity index (χ0v) is 26.9. The molecule has 1 saturated carbocycles. The quantitative estimate of drug-likeness (QED) is 0.128. The molecule has 4 amide bonds. The Labute approximate surface area is 280 Å². The normalized spacial score (nSPS) is 30.7. The molecule has 1 N–H and O–H groups in total.